The highest BCUT2D eigenvalue weighted by molar-refractivity contribution is 5.91. The molecular formula is C22H21F3N4O. The predicted molar refractivity (Wildman–Crippen MR) is 104 cm³/mol. The van der Waals surface area contributed by atoms with Gasteiger partial charge in [0.1, 0.15) is 0 Å². The second-order valence-corrected chi connectivity index (χ2v) is 8.44. The summed E-state index contributed by atoms with van der Waals surface area (Å²) in [4.78, 5) is 14.8. The van der Waals surface area contributed by atoms with E-state index in [1.165, 1.54) is 6.07 Å². The first kappa shape index (κ1) is 19.1. The zero-order valence-corrected chi connectivity index (χ0v) is 16.4. The van der Waals surface area contributed by atoms with Crippen LogP contribution < -0.4 is 0 Å². The number of halogens is 3. The number of benzene rings is 1. The van der Waals surface area contributed by atoms with E-state index in [2.05, 4.69) is 10.2 Å². The molecule has 0 bridgehead atoms. The van der Waals surface area contributed by atoms with Crippen LogP contribution in [0.5, 0.6) is 0 Å². The Morgan fingerprint density at radius 3 is 2.43 bits per heavy atom. The van der Waals surface area contributed by atoms with Gasteiger partial charge in [0.05, 0.1) is 5.56 Å². The van der Waals surface area contributed by atoms with Crippen molar-refractivity contribution in [3.8, 4) is 0 Å². The topological polar surface area (TPSA) is 50.5 Å². The maximum Gasteiger partial charge on any atom is 0.416 e. The van der Waals surface area contributed by atoms with Gasteiger partial charge in [-0.05, 0) is 60.8 Å². The Balaban J connectivity index is 1.33. The molecule has 0 N–H and O–H groups in total. The lowest BCUT2D eigenvalue weighted by Gasteiger charge is -2.21. The smallest absolute Gasteiger partial charge is 0.335 e. The Morgan fingerprint density at radius 1 is 1.03 bits per heavy atom. The monoisotopic (exact) mass is 414 g/mol. The van der Waals surface area contributed by atoms with E-state index in [-0.39, 0.29) is 29.5 Å². The zero-order chi connectivity index (χ0) is 21.0. The first-order valence-electron chi connectivity index (χ1n) is 10.1. The predicted octanol–water partition coefficient (Wildman–Crippen LogP) is 4.32. The molecule has 1 aliphatic carbocycles. The number of amides is 1. The van der Waals surface area contributed by atoms with Gasteiger partial charge < -0.3 is 4.90 Å². The number of alkyl halides is 3. The molecule has 0 radical (unpaired) electrons. The van der Waals surface area contributed by atoms with Gasteiger partial charge in [0.25, 0.3) is 5.91 Å². The van der Waals surface area contributed by atoms with Gasteiger partial charge in [-0.1, -0.05) is 24.3 Å². The molecule has 156 valence electrons. The fourth-order valence-electron chi connectivity index (χ4n) is 5.12. The SMILES string of the molecule is Cc1ccc2nnc(C(=O)N3C[C@H]4CC(c5ccccc5C(F)(F)F)C[C@H]4C3)n2c1. The maximum absolute atomic E-state index is 13.4. The Bertz CT molecular complexity index is 1110. The minimum Gasteiger partial charge on any atom is -0.335 e. The number of aryl methyl sites for hydroxylation is 1. The third-order valence-electron chi connectivity index (χ3n) is 6.49. The summed E-state index contributed by atoms with van der Waals surface area (Å²) in [6.07, 6.45) is -1.17. The van der Waals surface area contributed by atoms with Crippen LogP contribution >= 0.6 is 0 Å². The number of fused-ring (bicyclic) bond motifs is 2. The van der Waals surface area contributed by atoms with E-state index in [0.29, 0.717) is 37.1 Å². The van der Waals surface area contributed by atoms with Crippen LogP contribution in [0.2, 0.25) is 0 Å². The summed E-state index contributed by atoms with van der Waals surface area (Å²) >= 11 is 0. The molecule has 1 saturated heterocycles. The fraction of sp³-hybridized carbons (Fsp3) is 0.409. The van der Waals surface area contributed by atoms with Crippen LogP contribution in [0.1, 0.15) is 46.1 Å². The number of hydrogen-bond acceptors (Lipinski definition) is 3. The molecule has 1 amide bonds. The van der Waals surface area contributed by atoms with Crippen LogP contribution in [0.3, 0.4) is 0 Å². The number of nitrogens with zero attached hydrogens (tertiary/aromatic N) is 4. The Morgan fingerprint density at radius 2 is 1.73 bits per heavy atom. The highest BCUT2D eigenvalue weighted by Gasteiger charge is 2.45. The molecule has 1 aromatic carbocycles. The molecule has 3 atom stereocenters. The summed E-state index contributed by atoms with van der Waals surface area (Å²) in [5, 5.41) is 8.14. The van der Waals surface area contributed by atoms with Gasteiger partial charge in [0.2, 0.25) is 5.82 Å². The summed E-state index contributed by atoms with van der Waals surface area (Å²) in [6, 6.07) is 9.61. The van der Waals surface area contributed by atoms with Crippen molar-refractivity contribution in [3.05, 3.63) is 65.1 Å². The minimum atomic E-state index is -4.34. The minimum absolute atomic E-state index is 0.119. The Kier molecular flexibility index (Phi) is 4.34. The van der Waals surface area contributed by atoms with Crippen molar-refractivity contribution in [2.45, 2.75) is 31.9 Å². The number of carbonyl (C=O) groups excluding carboxylic acids is 1. The molecule has 2 aliphatic rings. The molecule has 3 heterocycles. The summed E-state index contributed by atoms with van der Waals surface area (Å²) in [7, 11) is 0. The van der Waals surface area contributed by atoms with Crippen molar-refractivity contribution >= 4 is 11.6 Å². The lowest BCUT2D eigenvalue weighted by molar-refractivity contribution is -0.138. The summed E-state index contributed by atoms with van der Waals surface area (Å²) < 4.78 is 41.9. The van der Waals surface area contributed by atoms with Gasteiger partial charge in [0.15, 0.2) is 5.65 Å². The van der Waals surface area contributed by atoms with Crippen LogP contribution in [0.15, 0.2) is 42.6 Å². The van der Waals surface area contributed by atoms with E-state index in [4.69, 9.17) is 0 Å². The van der Waals surface area contributed by atoms with Gasteiger partial charge in [0, 0.05) is 19.3 Å². The third-order valence-corrected chi connectivity index (χ3v) is 6.49. The highest BCUT2D eigenvalue weighted by Crippen LogP contribution is 2.49. The standard InChI is InChI=1S/C22H21F3N4O/c1-13-6-7-19-26-27-20(29(19)10-13)21(30)28-11-15-8-14(9-16(15)12-28)17-4-2-3-5-18(17)22(23,24)25/h2-7,10,14-16H,8-9,11-12H2,1H3/t14?,15-,16+. The van der Waals surface area contributed by atoms with E-state index in [9.17, 15) is 18.0 Å². The van der Waals surface area contributed by atoms with Gasteiger partial charge in [-0.25, -0.2) is 0 Å². The van der Waals surface area contributed by atoms with Gasteiger partial charge >= 0.3 is 6.18 Å². The van der Waals surface area contributed by atoms with Crippen molar-refractivity contribution in [2.24, 2.45) is 11.8 Å². The van der Waals surface area contributed by atoms with E-state index in [1.54, 1.807) is 21.4 Å². The zero-order valence-electron chi connectivity index (χ0n) is 16.4. The molecule has 3 aromatic rings. The second kappa shape index (κ2) is 6.82. The first-order chi connectivity index (χ1) is 14.3. The van der Waals surface area contributed by atoms with Gasteiger partial charge in [-0.2, -0.15) is 13.2 Å². The highest BCUT2D eigenvalue weighted by atomic mass is 19.4. The number of rotatable bonds is 2. The molecule has 1 unspecified atom stereocenters. The van der Waals surface area contributed by atoms with Crippen LogP contribution in [0, 0.1) is 18.8 Å². The normalized spacial score (nSPS) is 23.9. The van der Waals surface area contributed by atoms with E-state index < -0.39 is 11.7 Å². The molecule has 0 spiro atoms. The fourth-order valence-corrected chi connectivity index (χ4v) is 5.12. The van der Waals surface area contributed by atoms with Gasteiger partial charge in [-0.15, -0.1) is 10.2 Å². The molecule has 5 nitrogen and oxygen atoms in total. The number of aromatic nitrogens is 3. The molecule has 1 aliphatic heterocycles. The van der Waals surface area contributed by atoms with Crippen molar-refractivity contribution in [1.82, 2.24) is 19.5 Å². The van der Waals surface area contributed by atoms with Crippen molar-refractivity contribution in [2.75, 3.05) is 13.1 Å². The second-order valence-electron chi connectivity index (χ2n) is 8.44. The lowest BCUT2D eigenvalue weighted by Crippen LogP contribution is -2.31. The average Bonchev–Trinajstić information content (AvgIpc) is 3.39. The van der Waals surface area contributed by atoms with Crippen molar-refractivity contribution in [3.63, 3.8) is 0 Å². The molecule has 30 heavy (non-hydrogen) atoms. The molecule has 2 fully saturated rings. The number of likely N-dealkylation sites (tertiary alicyclic amines) is 1. The molecule has 8 heteroatoms. The molecular weight excluding hydrogens is 393 g/mol. The number of pyridine rings is 1. The summed E-state index contributed by atoms with van der Waals surface area (Å²) in [5.74, 6) is 0.413. The average molecular weight is 414 g/mol. The van der Waals surface area contributed by atoms with Crippen LogP contribution in [0.25, 0.3) is 5.65 Å². The molecule has 1 saturated carbocycles. The van der Waals surface area contributed by atoms with Crippen molar-refractivity contribution < 1.29 is 18.0 Å². The van der Waals surface area contributed by atoms with Gasteiger partial charge in [-0.3, -0.25) is 9.20 Å². The quantitative estimate of drug-likeness (QED) is 0.628. The molecule has 2 aromatic heterocycles. The molecule has 5 rings (SSSR count). The van der Waals surface area contributed by atoms with E-state index in [0.717, 1.165) is 11.6 Å². The number of carbonyl (C=O) groups is 1. The Hall–Kier alpha value is -2.90. The van der Waals surface area contributed by atoms with Crippen LogP contribution in [-0.2, 0) is 6.18 Å². The van der Waals surface area contributed by atoms with Crippen molar-refractivity contribution in [1.29, 1.82) is 0 Å². The first-order valence-corrected chi connectivity index (χ1v) is 10.1. The van der Waals surface area contributed by atoms with Crippen LogP contribution in [-0.4, -0.2) is 38.5 Å². The third kappa shape index (κ3) is 3.14. The van der Waals surface area contributed by atoms with E-state index >= 15 is 0 Å². The number of hydrogen-bond donors (Lipinski definition) is 0. The van der Waals surface area contributed by atoms with E-state index in [1.807, 2.05) is 25.3 Å². The summed E-state index contributed by atoms with van der Waals surface area (Å²) in [5.41, 5.74) is 1.47. The lowest BCUT2D eigenvalue weighted by atomic mass is 9.91. The maximum atomic E-state index is 13.4. The Labute approximate surface area is 171 Å². The largest absolute Gasteiger partial charge is 0.416 e. The summed E-state index contributed by atoms with van der Waals surface area (Å²) in [6.45, 7) is 3.04. The van der Waals surface area contributed by atoms with Crippen LogP contribution in [0.4, 0.5) is 13.2 Å².